The molecule has 10 heteroatoms. The molecule has 8 rings (SSSR count). The van der Waals surface area contributed by atoms with Gasteiger partial charge >= 0.3 is 5.09 Å². The Kier molecular flexibility index (Phi) is 13.3. The number of aliphatic hydroxyl groups excluding tert-OH is 2. The van der Waals surface area contributed by atoms with E-state index in [2.05, 4.69) is 64.1 Å². The molecule has 0 unspecified atom stereocenters. The van der Waals surface area contributed by atoms with Gasteiger partial charge in [0.25, 0.3) is 0 Å². The van der Waals surface area contributed by atoms with Gasteiger partial charge in [0.2, 0.25) is 0 Å². The first-order valence-corrected chi connectivity index (χ1v) is 20.8. The van der Waals surface area contributed by atoms with Crippen LogP contribution in [0.4, 0.5) is 0 Å². The lowest BCUT2D eigenvalue weighted by Gasteiger charge is -2.59. The summed E-state index contributed by atoms with van der Waals surface area (Å²) in [5, 5.41) is 20.4. The fraction of sp³-hybridized carbons (Fsp3) is 0.652. The molecule has 2 aromatic rings. The van der Waals surface area contributed by atoms with Gasteiger partial charge in [-0.1, -0.05) is 39.8 Å². The van der Waals surface area contributed by atoms with E-state index >= 15 is 0 Å². The van der Waals surface area contributed by atoms with Crippen molar-refractivity contribution < 1.29 is 43.9 Å². The summed E-state index contributed by atoms with van der Waals surface area (Å²) >= 11 is 0. The average Bonchev–Trinajstić information content (AvgIpc) is 3.21. The quantitative estimate of drug-likeness (QED) is 0.0688. The van der Waals surface area contributed by atoms with Crippen LogP contribution in [-0.4, -0.2) is 70.2 Å². The fourth-order valence-corrected chi connectivity index (χ4v) is 10.7. The lowest BCUT2D eigenvalue weighted by Crippen LogP contribution is -2.51. The highest BCUT2D eigenvalue weighted by atomic mass is 17.0. The predicted octanol–water partition coefficient (Wildman–Crippen LogP) is 8.85. The zero-order chi connectivity index (χ0) is 40.2. The van der Waals surface area contributed by atoms with Crippen LogP contribution in [-0.2, 0) is 22.5 Å². The molecule has 6 aliphatic carbocycles. The van der Waals surface area contributed by atoms with Gasteiger partial charge in [0.05, 0.1) is 41.7 Å². The number of rotatable bonds is 22. The molecule has 0 saturated heterocycles. The molecule has 2 N–H and O–H groups in total. The van der Waals surface area contributed by atoms with Gasteiger partial charge < -0.3 is 29.2 Å². The molecule has 0 radical (unpaired) electrons. The van der Waals surface area contributed by atoms with Crippen molar-refractivity contribution in [1.29, 1.82) is 0 Å². The maximum atomic E-state index is 12.2. The van der Waals surface area contributed by atoms with Crippen LogP contribution in [0, 0.1) is 39.4 Å². The summed E-state index contributed by atoms with van der Waals surface area (Å²) in [5.41, 5.74) is 6.97. The molecule has 308 valence electrons. The number of unbranched alkanes of at least 4 members (excludes halogenated alkanes) is 4. The van der Waals surface area contributed by atoms with E-state index in [1.54, 1.807) is 28.4 Å². The summed E-state index contributed by atoms with van der Waals surface area (Å²) < 4.78 is 23.7. The van der Waals surface area contributed by atoms with Gasteiger partial charge in [-0.3, -0.25) is 0 Å². The Bertz CT molecular complexity index is 1590. The van der Waals surface area contributed by atoms with Crippen LogP contribution in [0.25, 0.3) is 0 Å². The highest BCUT2D eigenvalue weighted by Gasteiger charge is 2.57. The second kappa shape index (κ2) is 17.8. The third-order valence-corrected chi connectivity index (χ3v) is 14.1. The van der Waals surface area contributed by atoms with Gasteiger partial charge in [0, 0.05) is 23.0 Å². The summed E-state index contributed by atoms with van der Waals surface area (Å²) in [6.45, 7) is 10.0. The molecule has 0 heterocycles. The Morgan fingerprint density at radius 2 is 0.946 bits per heavy atom. The minimum atomic E-state index is 0.0940. The van der Waals surface area contributed by atoms with Gasteiger partial charge in [0.1, 0.15) is 27.9 Å². The standard InChI is InChI=1S/C46H66NO9/c1-45(2)35-25-37(45)33(23-31(35)27-48)43-39(51-5)19-29(20-40(43)52-6)15-11-9-13-17-55-47(50)56-18-14-10-12-16-30-21-41(53-7)44(42(22-30)54-8)34-24-32(28-49)36-26-38(34)46(36,3)4/h19-24,33-38,48-49H,9-18,25-28H2,1-8H3/q+1/t33-,34-,35+,36+,37+,38+/m0/s1. The van der Waals surface area contributed by atoms with Crippen molar-refractivity contribution in [2.75, 3.05) is 54.9 Å². The SMILES string of the molecule is COc1cc(CCCCCO[N+](=O)OCCCCCc2cc(OC)c([C@H]3C=C(CO)[C@H]4C[C@H]3C4(C)C)c(OC)c2)cc(OC)c1[C@H]1C=C(CO)[C@H]2C[C@H]1C2(C)C. The molecule has 4 bridgehead atoms. The van der Waals surface area contributed by atoms with Gasteiger partial charge in [-0.15, -0.1) is 0 Å². The van der Waals surface area contributed by atoms with Crippen molar-refractivity contribution in [2.24, 2.45) is 34.5 Å². The molecule has 6 atom stereocenters. The summed E-state index contributed by atoms with van der Waals surface area (Å²) in [6, 6.07) is 8.51. The summed E-state index contributed by atoms with van der Waals surface area (Å²) in [7, 11) is 6.86. The molecule has 0 amide bonds. The molecule has 56 heavy (non-hydrogen) atoms. The second-order valence-electron chi connectivity index (χ2n) is 17.6. The first kappa shape index (κ1) is 41.9. The molecule has 0 aliphatic heterocycles. The van der Waals surface area contributed by atoms with Crippen LogP contribution in [0.1, 0.15) is 113 Å². The molecule has 10 nitrogen and oxygen atoms in total. The van der Waals surface area contributed by atoms with Crippen LogP contribution in [0.15, 0.2) is 47.6 Å². The Labute approximate surface area is 334 Å². The topological polar surface area (TPSA) is 116 Å². The van der Waals surface area contributed by atoms with E-state index in [9.17, 15) is 15.1 Å². The van der Waals surface area contributed by atoms with Crippen molar-refractivity contribution >= 4 is 0 Å². The zero-order valence-electron chi connectivity index (χ0n) is 35.0. The van der Waals surface area contributed by atoms with Gasteiger partial charge in [-0.2, -0.15) is 9.68 Å². The van der Waals surface area contributed by atoms with E-state index in [0.29, 0.717) is 36.9 Å². The Morgan fingerprint density at radius 1 is 0.589 bits per heavy atom. The van der Waals surface area contributed by atoms with Gasteiger partial charge in [-0.25, -0.2) is 0 Å². The van der Waals surface area contributed by atoms with Crippen molar-refractivity contribution in [1.82, 2.24) is 0 Å². The van der Waals surface area contributed by atoms with Gasteiger partial charge in [0.15, 0.2) is 13.2 Å². The number of nitrogens with zero attached hydrogens (tertiary/aromatic N) is 1. The summed E-state index contributed by atoms with van der Waals surface area (Å²) in [5.74, 6) is 5.49. The van der Waals surface area contributed by atoms with Crippen molar-refractivity contribution in [3.8, 4) is 23.0 Å². The monoisotopic (exact) mass is 776 g/mol. The number of hydrogen-bond acceptors (Lipinski definition) is 9. The Morgan fingerprint density at radius 3 is 1.25 bits per heavy atom. The van der Waals surface area contributed by atoms with E-state index in [4.69, 9.17) is 28.6 Å². The minimum Gasteiger partial charge on any atom is -0.496 e. The predicted molar refractivity (Wildman–Crippen MR) is 216 cm³/mol. The molecular formula is C46H66NO9+. The molecular weight excluding hydrogens is 711 g/mol. The van der Waals surface area contributed by atoms with E-state index in [0.717, 1.165) is 121 Å². The number of benzene rings is 2. The number of fused-ring (bicyclic) bond motifs is 2. The highest BCUT2D eigenvalue weighted by Crippen LogP contribution is 2.66. The maximum absolute atomic E-state index is 12.2. The molecule has 2 saturated carbocycles. The Balaban J connectivity index is 0.891. The molecule has 0 aromatic heterocycles. The smallest absolute Gasteiger partial charge is 0.477 e. The lowest BCUT2D eigenvalue weighted by atomic mass is 9.45. The van der Waals surface area contributed by atoms with Crippen LogP contribution in [0.3, 0.4) is 0 Å². The van der Waals surface area contributed by atoms with E-state index < -0.39 is 0 Å². The van der Waals surface area contributed by atoms with Crippen molar-refractivity contribution in [3.63, 3.8) is 0 Å². The average molecular weight is 777 g/mol. The van der Waals surface area contributed by atoms with Crippen molar-refractivity contribution in [3.05, 3.63) is 74.7 Å². The highest BCUT2D eigenvalue weighted by molar-refractivity contribution is 5.55. The molecule has 2 fully saturated rings. The third kappa shape index (κ3) is 8.15. The van der Waals surface area contributed by atoms with E-state index in [1.165, 1.54) is 0 Å². The first-order valence-electron chi connectivity index (χ1n) is 20.8. The number of hydrogen-bond donors (Lipinski definition) is 2. The number of aryl methyl sites for hydroxylation is 2. The maximum Gasteiger partial charge on any atom is 0.477 e. The second-order valence-corrected chi connectivity index (χ2v) is 17.6. The van der Waals surface area contributed by atoms with Crippen LogP contribution in [0.2, 0.25) is 0 Å². The van der Waals surface area contributed by atoms with Gasteiger partial charge in [-0.05, 0) is 145 Å². The van der Waals surface area contributed by atoms with E-state index in [-0.39, 0.29) is 41.0 Å². The normalized spacial score (nSPS) is 25.2. The first-order chi connectivity index (χ1) is 26.9. The molecule has 2 aromatic carbocycles. The van der Waals surface area contributed by atoms with Crippen LogP contribution in [0.5, 0.6) is 23.0 Å². The zero-order valence-corrected chi connectivity index (χ0v) is 35.0. The lowest BCUT2D eigenvalue weighted by molar-refractivity contribution is -0.981. The van der Waals surface area contributed by atoms with Crippen LogP contribution >= 0.6 is 0 Å². The molecule has 0 spiro atoms. The number of allylic oxidation sites excluding steroid dienone is 2. The molecule has 6 aliphatic rings. The summed E-state index contributed by atoms with van der Waals surface area (Å²) in [4.78, 5) is 22.7. The van der Waals surface area contributed by atoms with Crippen LogP contribution < -0.4 is 18.9 Å². The fourth-order valence-electron chi connectivity index (χ4n) is 10.7. The number of ether oxygens (including phenoxy) is 4. The Hall–Kier alpha value is -3.76. The minimum absolute atomic E-state index is 0.0940. The third-order valence-electron chi connectivity index (χ3n) is 14.1. The summed E-state index contributed by atoms with van der Waals surface area (Å²) in [6.07, 6.45) is 13.5. The van der Waals surface area contributed by atoms with Crippen molar-refractivity contribution in [2.45, 2.75) is 104 Å². The van der Waals surface area contributed by atoms with E-state index in [1.807, 2.05) is 0 Å². The largest absolute Gasteiger partial charge is 0.496 e. The number of aliphatic hydroxyl groups is 2. The number of methoxy groups -OCH3 is 4.